The molecule has 0 aromatic carbocycles. The molecule has 0 radical (unpaired) electrons. The summed E-state index contributed by atoms with van der Waals surface area (Å²) < 4.78 is 0. The first kappa shape index (κ1) is 12.5. The summed E-state index contributed by atoms with van der Waals surface area (Å²) in [4.78, 5) is 17.5. The molecule has 17 heavy (non-hydrogen) atoms. The molecule has 1 aliphatic rings. The van der Waals surface area contributed by atoms with Gasteiger partial charge in [0.15, 0.2) is 0 Å². The number of nitrogens with zero attached hydrogens (tertiary/aromatic N) is 2. The quantitative estimate of drug-likeness (QED) is 0.897. The van der Waals surface area contributed by atoms with E-state index in [1.54, 1.807) is 18.3 Å². The van der Waals surface area contributed by atoms with Crippen LogP contribution in [0.4, 0.5) is 0 Å². The van der Waals surface area contributed by atoms with Crippen molar-refractivity contribution in [3.05, 3.63) is 16.1 Å². The Labute approximate surface area is 105 Å². The van der Waals surface area contributed by atoms with E-state index in [1.807, 2.05) is 11.8 Å². The molecule has 1 aromatic rings. The number of aryl methyl sites for hydroxylation is 1. The molecule has 0 bridgehead atoms. The van der Waals surface area contributed by atoms with Crippen molar-refractivity contribution in [2.45, 2.75) is 38.6 Å². The first-order valence-electron chi connectivity index (χ1n) is 5.97. The van der Waals surface area contributed by atoms with Crippen LogP contribution in [0.2, 0.25) is 0 Å². The molecule has 0 amide bonds. The topological polar surface area (TPSA) is 53.4 Å². The van der Waals surface area contributed by atoms with Gasteiger partial charge in [0.25, 0.3) is 0 Å². The van der Waals surface area contributed by atoms with Gasteiger partial charge in [0.1, 0.15) is 6.04 Å². The molecule has 2 rings (SSSR count). The lowest BCUT2D eigenvalue weighted by Crippen LogP contribution is -2.43. The maximum absolute atomic E-state index is 10.9. The minimum Gasteiger partial charge on any atom is -0.480 e. The van der Waals surface area contributed by atoms with Gasteiger partial charge in [0, 0.05) is 17.0 Å². The van der Waals surface area contributed by atoms with Gasteiger partial charge in [-0.2, -0.15) is 0 Å². The van der Waals surface area contributed by atoms with Crippen LogP contribution in [0, 0.1) is 6.92 Å². The molecule has 5 heteroatoms. The highest BCUT2D eigenvalue weighted by Crippen LogP contribution is 2.30. The molecule has 1 aromatic heterocycles. The van der Waals surface area contributed by atoms with Gasteiger partial charge in [-0.3, -0.25) is 9.69 Å². The van der Waals surface area contributed by atoms with Gasteiger partial charge < -0.3 is 5.11 Å². The Morgan fingerprint density at radius 1 is 1.59 bits per heavy atom. The van der Waals surface area contributed by atoms with E-state index in [1.165, 1.54) is 5.01 Å². The molecule has 0 aliphatic carbocycles. The number of thiazole rings is 1. The molecular weight excluding hydrogens is 236 g/mol. The predicted octanol–water partition coefficient (Wildman–Crippen LogP) is 2.10. The third kappa shape index (κ3) is 2.84. The van der Waals surface area contributed by atoms with Crippen LogP contribution >= 0.6 is 11.3 Å². The Morgan fingerprint density at radius 3 is 2.71 bits per heavy atom. The smallest absolute Gasteiger partial charge is 0.320 e. The van der Waals surface area contributed by atoms with E-state index in [0.717, 1.165) is 31.6 Å². The van der Waals surface area contributed by atoms with Gasteiger partial charge >= 0.3 is 5.97 Å². The third-order valence-electron chi connectivity index (χ3n) is 3.42. The number of hydrogen-bond acceptors (Lipinski definition) is 4. The summed E-state index contributed by atoms with van der Waals surface area (Å²) in [6.45, 7) is 5.49. The molecule has 1 fully saturated rings. The fourth-order valence-corrected chi connectivity index (χ4v) is 3.22. The molecule has 0 spiro atoms. The highest BCUT2D eigenvalue weighted by molar-refractivity contribution is 7.09. The van der Waals surface area contributed by atoms with Crippen molar-refractivity contribution < 1.29 is 9.90 Å². The predicted molar refractivity (Wildman–Crippen MR) is 67.5 cm³/mol. The summed E-state index contributed by atoms with van der Waals surface area (Å²) >= 11 is 1.73. The zero-order valence-electron chi connectivity index (χ0n) is 10.2. The van der Waals surface area contributed by atoms with E-state index >= 15 is 0 Å². The van der Waals surface area contributed by atoms with Crippen molar-refractivity contribution in [1.29, 1.82) is 0 Å². The van der Waals surface area contributed by atoms with Gasteiger partial charge in [-0.05, 0) is 39.8 Å². The van der Waals surface area contributed by atoms with Gasteiger partial charge in [-0.1, -0.05) is 0 Å². The van der Waals surface area contributed by atoms with Gasteiger partial charge in [-0.15, -0.1) is 11.3 Å². The summed E-state index contributed by atoms with van der Waals surface area (Å²) in [5.74, 6) is -0.209. The third-order valence-corrected chi connectivity index (χ3v) is 4.55. The molecule has 0 saturated carbocycles. The second-order valence-corrected chi connectivity index (χ2v) is 5.54. The first-order valence-corrected chi connectivity index (χ1v) is 6.84. The lowest BCUT2D eigenvalue weighted by Gasteiger charge is -2.33. The van der Waals surface area contributed by atoms with E-state index < -0.39 is 5.97 Å². The molecule has 94 valence electrons. The lowest BCUT2D eigenvalue weighted by molar-refractivity contribution is -0.143. The van der Waals surface area contributed by atoms with Crippen molar-refractivity contribution in [2.75, 3.05) is 13.1 Å². The minimum atomic E-state index is -0.728. The zero-order valence-corrected chi connectivity index (χ0v) is 11.0. The van der Waals surface area contributed by atoms with Crippen LogP contribution < -0.4 is 0 Å². The number of aromatic nitrogens is 1. The Hall–Kier alpha value is -0.940. The molecular formula is C12H18N2O2S. The summed E-state index contributed by atoms with van der Waals surface area (Å²) in [5.41, 5.74) is 1.09. The van der Waals surface area contributed by atoms with Crippen LogP contribution in [0.25, 0.3) is 0 Å². The maximum atomic E-state index is 10.9. The number of carboxylic acid groups (broad SMARTS) is 1. The summed E-state index contributed by atoms with van der Waals surface area (Å²) in [6.07, 6.45) is 2.04. The number of aliphatic carboxylic acids is 1. The highest BCUT2D eigenvalue weighted by atomic mass is 32.1. The SMILES string of the molecule is Cc1csc(C2CCN(C(C)C(=O)O)CC2)n1. The number of carboxylic acids is 1. The highest BCUT2D eigenvalue weighted by Gasteiger charge is 2.27. The molecule has 4 nitrogen and oxygen atoms in total. The standard InChI is InChI=1S/C12H18N2O2S/c1-8-7-17-11(13-8)10-3-5-14(6-4-10)9(2)12(15)16/h7,9-10H,3-6H2,1-2H3,(H,15,16). The van der Waals surface area contributed by atoms with E-state index in [-0.39, 0.29) is 6.04 Å². The van der Waals surface area contributed by atoms with Crippen LogP contribution in [0.5, 0.6) is 0 Å². The number of likely N-dealkylation sites (tertiary alicyclic amines) is 1. The van der Waals surface area contributed by atoms with Gasteiger partial charge in [0.05, 0.1) is 5.01 Å². The maximum Gasteiger partial charge on any atom is 0.320 e. The Bertz CT molecular complexity index is 397. The number of piperidine rings is 1. The Balaban J connectivity index is 1.92. The molecule has 1 N–H and O–H groups in total. The molecule has 1 unspecified atom stereocenters. The van der Waals surface area contributed by atoms with Crippen LogP contribution in [0.15, 0.2) is 5.38 Å². The fraction of sp³-hybridized carbons (Fsp3) is 0.667. The zero-order chi connectivity index (χ0) is 12.4. The van der Waals surface area contributed by atoms with Crippen molar-refractivity contribution in [1.82, 2.24) is 9.88 Å². The van der Waals surface area contributed by atoms with E-state index in [0.29, 0.717) is 5.92 Å². The molecule has 1 aliphatic heterocycles. The normalized spacial score (nSPS) is 20.4. The van der Waals surface area contributed by atoms with Crippen molar-refractivity contribution in [3.8, 4) is 0 Å². The molecule has 1 saturated heterocycles. The lowest BCUT2D eigenvalue weighted by atomic mass is 9.96. The van der Waals surface area contributed by atoms with Crippen molar-refractivity contribution in [2.24, 2.45) is 0 Å². The number of rotatable bonds is 3. The molecule has 2 heterocycles. The van der Waals surface area contributed by atoms with Crippen molar-refractivity contribution >= 4 is 17.3 Å². The second kappa shape index (κ2) is 5.14. The summed E-state index contributed by atoms with van der Waals surface area (Å²) in [6, 6.07) is -0.367. The second-order valence-electron chi connectivity index (χ2n) is 4.65. The number of carbonyl (C=O) groups is 1. The van der Waals surface area contributed by atoms with Crippen LogP contribution in [0.3, 0.4) is 0 Å². The Morgan fingerprint density at radius 2 is 2.24 bits per heavy atom. The van der Waals surface area contributed by atoms with Crippen LogP contribution in [0.1, 0.15) is 36.4 Å². The monoisotopic (exact) mass is 254 g/mol. The van der Waals surface area contributed by atoms with Crippen LogP contribution in [-0.4, -0.2) is 40.1 Å². The van der Waals surface area contributed by atoms with Gasteiger partial charge in [0.2, 0.25) is 0 Å². The largest absolute Gasteiger partial charge is 0.480 e. The minimum absolute atomic E-state index is 0.367. The van der Waals surface area contributed by atoms with E-state index in [9.17, 15) is 4.79 Å². The average Bonchev–Trinajstić information content (AvgIpc) is 2.75. The van der Waals surface area contributed by atoms with E-state index in [2.05, 4.69) is 10.4 Å². The first-order chi connectivity index (χ1) is 8.08. The van der Waals surface area contributed by atoms with Crippen molar-refractivity contribution in [3.63, 3.8) is 0 Å². The summed E-state index contributed by atoms with van der Waals surface area (Å²) in [7, 11) is 0. The molecule has 1 atom stereocenters. The van der Waals surface area contributed by atoms with E-state index in [4.69, 9.17) is 5.11 Å². The van der Waals surface area contributed by atoms with Gasteiger partial charge in [-0.25, -0.2) is 4.98 Å². The number of hydrogen-bond donors (Lipinski definition) is 1. The summed E-state index contributed by atoms with van der Waals surface area (Å²) in [5, 5.41) is 12.3. The Kier molecular flexibility index (Phi) is 3.79. The fourth-order valence-electron chi connectivity index (χ4n) is 2.25. The average molecular weight is 254 g/mol. The van der Waals surface area contributed by atoms with Crippen LogP contribution in [-0.2, 0) is 4.79 Å².